The van der Waals surface area contributed by atoms with Crippen LogP contribution in [0, 0.1) is 0 Å². The zero-order chi connectivity index (χ0) is 24.9. The minimum atomic E-state index is -0.102. The van der Waals surface area contributed by atoms with Gasteiger partial charge in [0, 0.05) is 47.7 Å². The van der Waals surface area contributed by atoms with Crippen LogP contribution in [-0.2, 0) is 0 Å². The number of anilines is 2. The molecule has 0 atom stereocenters. The highest BCUT2D eigenvalue weighted by atomic mass is 35.5. The Balaban J connectivity index is 1.61. The van der Waals surface area contributed by atoms with Crippen LogP contribution in [0.4, 0.5) is 11.6 Å². The fourth-order valence-corrected chi connectivity index (χ4v) is 5.58. The van der Waals surface area contributed by atoms with Crippen molar-refractivity contribution in [2.75, 3.05) is 30.0 Å². The van der Waals surface area contributed by atoms with Crippen LogP contribution in [-0.4, -0.2) is 42.1 Å². The van der Waals surface area contributed by atoms with Gasteiger partial charge in [-0.25, -0.2) is 9.97 Å². The molecule has 188 valence electrons. The monoisotopic (exact) mass is 504 g/mol. The molecule has 0 unspecified atom stereocenters. The van der Waals surface area contributed by atoms with Gasteiger partial charge in [-0.05, 0) is 50.3 Å². The zero-order valence-corrected chi connectivity index (χ0v) is 21.6. The molecular weight excluding hydrogens is 472 g/mol. The summed E-state index contributed by atoms with van der Waals surface area (Å²) < 4.78 is 5.48. The van der Waals surface area contributed by atoms with E-state index in [0.29, 0.717) is 22.2 Å². The molecule has 7 heteroatoms. The third-order valence-corrected chi connectivity index (χ3v) is 7.59. The van der Waals surface area contributed by atoms with Crippen molar-refractivity contribution in [1.82, 2.24) is 9.97 Å². The SMILES string of the molecule is COc1cccc(N(C(=O)c2cnc(N3CCCCC3)nc2-c2ccccc2Cl)C2CCCCC2)c1. The first-order chi connectivity index (χ1) is 17.7. The minimum absolute atomic E-state index is 0.102. The van der Waals surface area contributed by atoms with Crippen molar-refractivity contribution in [3.8, 4) is 17.0 Å². The number of aromatic nitrogens is 2. The van der Waals surface area contributed by atoms with Crippen molar-refractivity contribution in [2.24, 2.45) is 0 Å². The number of carbonyl (C=O) groups is 1. The lowest BCUT2D eigenvalue weighted by atomic mass is 9.93. The average Bonchev–Trinajstić information content (AvgIpc) is 2.94. The van der Waals surface area contributed by atoms with Crippen molar-refractivity contribution in [3.63, 3.8) is 0 Å². The van der Waals surface area contributed by atoms with Gasteiger partial charge in [0.25, 0.3) is 5.91 Å². The van der Waals surface area contributed by atoms with Crippen LogP contribution < -0.4 is 14.5 Å². The molecule has 1 saturated heterocycles. The molecule has 2 aliphatic rings. The van der Waals surface area contributed by atoms with E-state index in [1.165, 1.54) is 12.8 Å². The maximum absolute atomic E-state index is 14.4. The van der Waals surface area contributed by atoms with Gasteiger partial charge in [-0.2, -0.15) is 0 Å². The largest absolute Gasteiger partial charge is 0.497 e. The van der Waals surface area contributed by atoms with Gasteiger partial charge >= 0.3 is 0 Å². The van der Waals surface area contributed by atoms with E-state index in [1.807, 2.05) is 53.4 Å². The van der Waals surface area contributed by atoms with Crippen LogP contribution in [0.25, 0.3) is 11.3 Å². The van der Waals surface area contributed by atoms with Crippen LogP contribution in [0.5, 0.6) is 5.75 Å². The molecule has 0 spiro atoms. The van der Waals surface area contributed by atoms with E-state index in [4.69, 9.17) is 26.3 Å². The second-order valence-electron chi connectivity index (χ2n) is 9.63. The summed E-state index contributed by atoms with van der Waals surface area (Å²) in [6, 6.07) is 15.5. The number of nitrogens with zero attached hydrogens (tertiary/aromatic N) is 4. The summed E-state index contributed by atoms with van der Waals surface area (Å²) in [4.78, 5) is 28.2. The van der Waals surface area contributed by atoms with E-state index in [1.54, 1.807) is 13.3 Å². The average molecular weight is 505 g/mol. The Hall–Kier alpha value is -3.12. The van der Waals surface area contributed by atoms with Crippen molar-refractivity contribution < 1.29 is 9.53 Å². The summed E-state index contributed by atoms with van der Waals surface area (Å²) in [5, 5.41) is 0.570. The second-order valence-corrected chi connectivity index (χ2v) is 10.0. The third-order valence-electron chi connectivity index (χ3n) is 7.26. The molecule has 36 heavy (non-hydrogen) atoms. The fourth-order valence-electron chi connectivity index (χ4n) is 5.36. The number of hydrogen-bond acceptors (Lipinski definition) is 5. The number of benzene rings is 2. The summed E-state index contributed by atoms with van der Waals surface area (Å²) in [6.45, 7) is 1.85. The van der Waals surface area contributed by atoms with Gasteiger partial charge < -0.3 is 14.5 Å². The maximum Gasteiger partial charge on any atom is 0.262 e. The summed E-state index contributed by atoms with van der Waals surface area (Å²) >= 11 is 6.64. The predicted octanol–water partition coefficient (Wildman–Crippen LogP) is 6.78. The van der Waals surface area contributed by atoms with E-state index in [2.05, 4.69) is 4.90 Å². The fraction of sp³-hybridized carbons (Fsp3) is 0.414. The molecule has 2 fully saturated rings. The minimum Gasteiger partial charge on any atom is -0.497 e. The molecular formula is C29H33ClN4O2. The number of ether oxygens (including phenoxy) is 1. The number of halogens is 1. The molecule has 1 aliphatic heterocycles. The van der Waals surface area contributed by atoms with E-state index in [-0.39, 0.29) is 11.9 Å². The Bertz CT molecular complexity index is 1210. The van der Waals surface area contributed by atoms with Gasteiger partial charge in [-0.15, -0.1) is 0 Å². The van der Waals surface area contributed by atoms with Crippen molar-refractivity contribution >= 4 is 29.1 Å². The molecule has 0 bridgehead atoms. The highest BCUT2D eigenvalue weighted by molar-refractivity contribution is 6.33. The summed E-state index contributed by atoms with van der Waals surface area (Å²) in [5.41, 5.74) is 2.64. The Kier molecular flexibility index (Phi) is 7.71. The molecule has 1 amide bonds. The summed E-state index contributed by atoms with van der Waals surface area (Å²) in [6.07, 6.45) is 10.5. The first-order valence-corrected chi connectivity index (χ1v) is 13.4. The third kappa shape index (κ3) is 5.19. The number of carbonyl (C=O) groups excluding carboxylic acids is 1. The van der Waals surface area contributed by atoms with Crippen LogP contribution >= 0.6 is 11.6 Å². The lowest BCUT2D eigenvalue weighted by Gasteiger charge is -2.35. The molecule has 1 saturated carbocycles. The number of hydrogen-bond donors (Lipinski definition) is 0. The number of rotatable bonds is 6. The highest BCUT2D eigenvalue weighted by Crippen LogP contribution is 2.35. The topological polar surface area (TPSA) is 58.6 Å². The van der Waals surface area contributed by atoms with Crippen molar-refractivity contribution in [1.29, 1.82) is 0 Å². The van der Waals surface area contributed by atoms with Crippen LogP contribution in [0.3, 0.4) is 0 Å². The number of piperidine rings is 1. The summed E-state index contributed by atoms with van der Waals surface area (Å²) in [7, 11) is 1.65. The normalized spacial score (nSPS) is 16.6. The molecule has 0 radical (unpaired) electrons. The second kappa shape index (κ2) is 11.3. The highest BCUT2D eigenvalue weighted by Gasteiger charge is 2.31. The molecule has 1 aliphatic carbocycles. The van der Waals surface area contributed by atoms with E-state index >= 15 is 0 Å². The van der Waals surface area contributed by atoms with Gasteiger partial charge in [-0.3, -0.25) is 4.79 Å². The molecule has 5 rings (SSSR count). The number of methoxy groups -OCH3 is 1. The van der Waals surface area contributed by atoms with Gasteiger partial charge in [0.1, 0.15) is 5.75 Å². The lowest BCUT2D eigenvalue weighted by Crippen LogP contribution is -2.42. The lowest BCUT2D eigenvalue weighted by molar-refractivity contribution is 0.0970. The first-order valence-electron chi connectivity index (χ1n) is 13.0. The van der Waals surface area contributed by atoms with Gasteiger partial charge in [0.15, 0.2) is 0 Å². The molecule has 6 nitrogen and oxygen atoms in total. The van der Waals surface area contributed by atoms with Gasteiger partial charge in [0.05, 0.1) is 18.4 Å². The van der Waals surface area contributed by atoms with E-state index in [0.717, 1.165) is 68.6 Å². The van der Waals surface area contributed by atoms with Gasteiger partial charge in [0.2, 0.25) is 5.95 Å². The van der Waals surface area contributed by atoms with Crippen LogP contribution in [0.15, 0.2) is 54.7 Å². The quantitative estimate of drug-likeness (QED) is 0.370. The van der Waals surface area contributed by atoms with Crippen LogP contribution in [0.2, 0.25) is 5.02 Å². The van der Waals surface area contributed by atoms with E-state index in [9.17, 15) is 4.79 Å². The Morgan fingerprint density at radius 2 is 1.75 bits per heavy atom. The Morgan fingerprint density at radius 3 is 2.50 bits per heavy atom. The molecule has 2 heterocycles. The standard InChI is InChI=1S/C29H33ClN4O2/c1-36-23-14-10-13-22(19-23)34(21-11-4-2-5-12-21)28(35)25-20-31-29(33-17-8-3-9-18-33)32-27(25)24-15-6-7-16-26(24)30/h6-7,10,13-16,19-21H,2-5,8-9,11-12,17-18H2,1H3. The van der Waals surface area contributed by atoms with Crippen molar-refractivity contribution in [2.45, 2.75) is 57.4 Å². The zero-order valence-electron chi connectivity index (χ0n) is 20.8. The number of amides is 1. The summed E-state index contributed by atoms with van der Waals surface area (Å²) in [5.74, 6) is 1.28. The van der Waals surface area contributed by atoms with Crippen LogP contribution in [0.1, 0.15) is 61.7 Å². The van der Waals surface area contributed by atoms with Gasteiger partial charge in [-0.1, -0.05) is 55.1 Å². The predicted molar refractivity (Wildman–Crippen MR) is 145 cm³/mol. The smallest absolute Gasteiger partial charge is 0.262 e. The molecule has 1 aromatic heterocycles. The van der Waals surface area contributed by atoms with Crippen molar-refractivity contribution in [3.05, 3.63) is 65.3 Å². The molecule has 0 N–H and O–H groups in total. The Labute approximate surface area is 218 Å². The maximum atomic E-state index is 14.4. The molecule has 2 aromatic carbocycles. The van der Waals surface area contributed by atoms with E-state index < -0.39 is 0 Å². The first kappa shape index (κ1) is 24.6. The Morgan fingerprint density at radius 1 is 1.00 bits per heavy atom. The molecule has 3 aromatic rings.